The van der Waals surface area contributed by atoms with Crippen LogP contribution >= 0.6 is 52.3 Å². The maximum absolute atomic E-state index is 6.27. The first-order chi connectivity index (χ1) is 11.7. The molecule has 0 atom stereocenters. The van der Waals surface area contributed by atoms with Crippen molar-refractivity contribution in [1.82, 2.24) is 10.2 Å². The van der Waals surface area contributed by atoms with Gasteiger partial charge in [0.2, 0.25) is 0 Å². The lowest BCUT2D eigenvalue weighted by atomic mass is 10.2. The quantitative estimate of drug-likeness (QED) is 0.558. The van der Waals surface area contributed by atoms with Crippen LogP contribution in [0.25, 0.3) is 11.3 Å². The molecule has 8 heteroatoms. The predicted octanol–water partition coefficient (Wildman–Crippen LogP) is 5.02. The zero-order valence-corrected chi connectivity index (χ0v) is 18.4. The number of halogens is 4. The maximum atomic E-state index is 6.27. The van der Waals surface area contributed by atoms with E-state index in [9.17, 15) is 0 Å². The number of hydrogen-bond acceptors (Lipinski definition) is 4. The third kappa shape index (κ3) is 7.04. The van der Waals surface area contributed by atoms with Gasteiger partial charge in [0.1, 0.15) is 11.5 Å². The Bertz CT molecular complexity index is 664. The minimum Gasteiger partial charge on any atom is -0.460 e. The van der Waals surface area contributed by atoms with Crippen molar-refractivity contribution in [2.75, 3.05) is 39.4 Å². The van der Waals surface area contributed by atoms with E-state index in [0.29, 0.717) is 5.02 Å². The summed E-state index contributed by atoms with van der Waals surface area (Å²) >= 11 is 9.69. The first kappa shape index (κ1) is 23.8. The number of nitrogens with one attached hydrogen (secondary N) is 1. The Morgan fingerprint density at radius 1 is 1.12 bits per heavy atom. The summed E-state index contributed by atoms with van der Waals surface area (Å²) in [6.45, 7) is 6.66. The average molecular weight is 487 g/mol. The molecule has 1 fully saturated rings. The van der Waals surface area contributed by atoms with Gasteiger partial charge in [0.05, 0.1) is 24.8 Å². The zero-order valence-electron chi connectivity index (χ0n) is 14.4. The first-order valence-corrected chi connectivity index (χ1v) is 9.44. The van der Waals surface area contributed by atoms with Crippen molar-refractivity contribution in [1.29, 1.82) is 0 Å². The molecule has 0 aliphatic carbocycles. The third-order valence-corrected chi connectivity index (χ3v) is 4.90. The SMILES string of the molecule is Cl.Cl.Clc1cc(Br)ccc1-c1ccc(CNCCCN2CCOCC2)o1. The molecule has 0 radical (unpaired) electrons. The van der Waals surface area contributed by atoms with E-state index < -0.39 is 0 Å². The smallest absolute Gasteiger partial charge is 0.135 e. The normalized spacial score (nSPS) is 14.5. The van der Waals surface area contributed by atoms with Crippen LogP contribution in [0.3, 0.4) is 0 Å². The molecule has 0 spiro atoms. The monoisotopic (exact) mass is 484 g/mol. The van der Waals surface area contributed by atoms with Crippen LogP contribution in [0.2, 0.25) is 5.02 Å². The van der Waals surface area contributed by atoms with E-state index in [4.69, 9.17) is 20.8 Å². The molecular weight excluding hydrogens is 462 g/mol. The molecule has 4 nitrogen and oxygen atoms in total. The second-order valence-corrected chi connectivity index (χ2v) is 7.20. The maximum Gasteiger partial charge on any atom is 0.135 e. The molecule has 0 amide bonds. The van der Waals surface area contributed by atoms with Crippen LogP contribution in [0.4, 0.5) is 0 Å². The van der Waals surface area contributed by atoms with E-state index in [2.05, 4.69) is 26.1 Å². The van der Waals surface area contributed by atoms with Gasteiger partial charge in [-0.1, -0.05) is 27.5 Å². The van der Waals surface area contributed by atoms with Gasteiger partial charge in [0.25, 0.3) is 0 Å². The number of morpholine rings is 1. The van der Waals surface area contributed by atoms with Crippen molar-refractivity contribution >= 4 is 52.3 Å². The van der Waals surface area contributed by atoms with Crippen molar-refractivity contribution in [3.05, 3.63) is 45.6 Å². The lowest BCUT2D eigenvalue weighted by Crippen LogP contribution is -2.37. The van der Waals surface area contributed by atoms with Crippen LogP contribution < -0.4 is 5.32 Å². The van der Waals surface area contributed by atoms with Crippen LogP contribution in [0.5, 0.6) is 0 Å². The molecule has 0 unspecified atom stereocenters. The van der Waals surface area contributed by atoms with Crippen LogP contribution in [-0.4, -0.2) is 44.3 Å². The molecule has 0 saturated carbocycles. The average Bonchev–Trinajstić information content (AvgIpc) is 3.04. The molecule has 146 valence electrons. The summed E-state index contributed by atoms with van der Waals surface area (Å²) in [5.74, 6) is 1.73. The van der Waals surface area contributed by atoms with Crippen LogP contribution in [-0.2, 0) is 11.3 Å². The molecular formula is C18H24BrCl3N2O2. The van der Waals surface area contributed by atoms with Gasteiger partial charge in [-0.3, -0.25) is 4.90 Å². The van der Waals surface area contributed by atoms with Crippen molar-refractivity contribution < 1.29 is 9.15 Å². The van der Waals surface area contributed by atoms with Gasteiger partial charge < -0.3 is 14.5 Å². The molecule has 26 heavy (non-hydrogen) atoms. The van der Waals surface area contributed by atoms with Gasteiger partial charge >= 0.3 is 0 Å². The molecule has 1 saturated heterocycles. The summed E-state index contributed by atoms with van der Waals surface area (Å²) in [7, 11) is 0. The van der Waals surface area contributed by atoms with Crippen molar-refractivity contribution in [3.8, 4) is 11.3 Å². The van der Waals surface area contributed by atoms with Gasteiger partial charge in [-0.15, -0.1) is 24.8 Å². The summed E-state index contributed by atoms with van der Waals surface area (Å²) in [5.41, 5.74) is 0.915. The Morgan fingerprint density at radius 3 is 2.62 bits per heavy atom. The highest BCUT2D eigenvalue weighted by Crippen LogP contribution is 2.31. The van der Waals surface area contributed by atoms with Crippen molar-refractivity contribution in [3.63, 3.8) is 0 Å². The fourth-order valence-electron chi connectivity index (χ4n) is 2.77. The van der Waals surface area contributed by atoms with Gasteiger partial charge in [-0.25, -0.2) is 0 Å². The second kappa shape index (κ2) is 12.2. The molecule has 1 aromatic heterocycles. The van der Waals surface area contributed by atoms with E-state index in [0.717, 1.165) is 73.9 Å². The molecule has 3 rings (SSSR count). The summed E-state index contributed by atoms with van der Waals surface area (Å²) in [6, 6.07) is 9.78. The number of benzene rings is 1. The lowest BCUT2D eigenvalue weighted by molar-refractivity contribution is 0.0374. The summed E-state index contributed by atoms with van der Waals surface area (Å²) < 4.78 is 12.2. The Labute approximate surface area is 180 Å². The molecule has 0 bridgehead atoms. The van der Waals surface area contributed by atoms with E-state index in [1.54, 1.807) is 0 Å². The molecule has 1 N–H and O–H groups in total. The second-order valence-electron chi connectivity index (χ2n) is 5.87. The predicted molar refractivity (Wildman–Crippen MR) is 115 cm³/mol. The van der Waals surface area contributed by atoms with E-state index in [1.807, 2.05) is 30.3 Å². The minimum absolute atomic E-state index is 0. The van der Waals surface area contributed by atoms with Crippen LogP contribution in [0.1, 0.15) is 12.2 Å². The van der Waals surface area contributed by atoms with Gasteiger partial charge in [-0.05, 0) is 49.8 Å². The third-order valence-electron chi connectivity index (χ3n) is 4.09. The number of furan rings is 1. The van der Waals surface area contributed by atoms with Gasteiger partial charge in [0.15, 0.2) is 0 Å². The summed E-state index contributed by atoms with van der Waals surface area (Å²) in [6.07, 6.45) is 1.13. The largest absolute Gasteiger partial charge is 0.460 e. The lowest BCUT2D eigenvalue weighted by Gasteiger charge is -2.26. The Balaban J connectivity index is 0.00000169. The minimum atomic E-state index is 0. The molecule has 2 heterocycles. The van der Waals surface area contributed by atoms with Gasteiger partial charge in [0, 0.05) is 23.1 Å². The molecule has 1 aliphatic rings. The number of ether oxygens (including phenoxy) is 1. The number of nitrogens with zero attached hydrogens (tertiary/aromatic N) is 1. The fraction of sp³-hybridized carbons (Fsp3) is 0.444. The summed E-state index contributed by atoms with van der Waals surface area (Å²) in [4.78, 5) is 2.45. The molecule has 1 aromatic carbocycles. The molecule has 2 aromatic rings. The highest BCUT2D eigenvalue weighted by Gasteiger charge is 2.10. The Morgan fingerprint density at radius 2 is 1.88 bits per heavy atom. The van der Waals surface area contributed by atoms with Crippen LogP contribution in [0.15, 0.2) is 39.2 Å². The Hall–Kier alpha value is -0.270. The van der Waals surface area contributed by atoms with Crippen molar-refractivity contribution in [2.45, 2.75) is 13.0 Å². The van der Waals surface area contributed by atoms with Gasteiger partial charge in [-0.2, -0.15) is 0 Å². The topological polar surface area (TPSA) is 37.6 Å². The van der Waals surface area contributed by atoms with E-state index in [-0.39, 0.29) is 24.8 Å². The zero-order chi connectivity index (χ0) is 16.8. The standard InChI is InChI=1S/C18H22BrClN2O2.2ClH/c19-14-2-4-16(17(20)12-14)18-5-3-15(24-18)13-21-6-1-7-22-8-10-23-11-9-22;;/h2-5,12,21H,1,6-11,13H2;2*1H. The Kier molecular flexibility index (Phi) is 11.2. The van der Waals surface area contributed by atoms with Crippen LogP contribution in [0, 0.1) is 0 Å². The summed E-state index contributed by atoms with van der Waals surface area (Å²) in [5, 5.41) is 4.12. The highest BCUT2D eigenvalue weighted by molar-refractivity contribution is 9.10. The highest BCUT2D eigenvalue weighted by atomic mass is 79.9. The fourth-order valence-corrected chi connectivity index (χ4v) is 3.54. The van der Waals surface area contributed by atoms with E-state index in [1.165, 1.54) is 0 Å². The molecule has 1 aliphatic heterocycles. The van der Waals surface area contributed by atoms with Crippen molar-refractivity contribution in [2.24, 2.45) is 0 Å². The first-order valence-electron chi connectivity index (χ1n) is 8.27. The number of rotatable bonds is 7. The number of hydrogen-bond donors (Lipinski definition) is 1. The van der Waals surface area contributed by atoms with E-state index >= 15 is 0 Å².